The van der Waals surface area contributed by atoms with E-state index in [2.05, 4.69) is 20.0 Å². The predicted molar refractivity (Wildman–Crippen MR) is 57.7 cm³/mol. The summed E-state index contributed by atoms with van der Waals surface area (Å²) in [5, 5.41) is 4.36. The van der Waals surface area contributed by atoms with Crippen molar-refractivity contribution in [1.29, 1.82) is 0 Å². The van der Waals surface area contributed by atoms with Crippen molar-refractivity contribution in [3.8, 4) is 0 Å². The SMILES string of the molecule is COC(=O)CCS/C(C)=N/NC(=O)OC. The molecule has 0 saturated heterocycles. The Bertz CT molecular complexity index is 255. The van der Waals surface area contributed by atoms with Gasteiger partial charge in [0.2, 0.25) is 0 Å². The van der Waals surface area contributed by atoms with Gasteiger partial charge >= 0.3 is 12.1 Å². The molecular formula is C8H14N2O4S. The average molecular weight is 234 g/mol. The largest absolute Gasteiger partial charge is 0.469 e. The van der Waals surface area contributed by atoms with E-state index in [0.717, 1.165) is 0 Å². The molecule has 0 aromatic heterocycles. The van der Waals surface area contributed by atoms with Crippen molar-refractivity contribution in [1.82, 2.24) is 5.43 Å². The molecule has 0 fully saturated rings. The van der Waals surface area contributed by atoms with E-state index in [0.29, 0.717) is 17.2 Å². The zero-order valence-corrected chi connectivity index (χ0v) is 9.72. The highest BCUT2D eigenvalue weighted by Crippen LogP contribution is 2.05. The fourth-order valence-electron chi connectivity index (χ4n) is 0.586. The molecule has 0 unspecified atom stereocenters. The minimum atomic E-state index is -0.622. The molecule has 0 aromatic carbocycles. The Morgan fingerprint density at radius 1 is 1.33 bits per heavy atom. The van der Waals surface area contributed by atoms with Crippen molar-refractivity contribution in [2.75, 3.05) is 20.0 Å². The molecule has 7 heteroatoms. The van der Waals surface area contributed by atoms with Crippen LogP contribution in [0.4, 0.5) is 4.79 Å². The van der Waals surface area contributed by atoms with Crippen LogP contribution >= 0.6 is 11.8 Å². The highest BCUT2D eigenvalue weighted by Gasteiger charge is 2.01. The first-order valence-electron chi connectivity index (χ1n) is 4.18. The van der Waals surface area contributed by atoms with Crippen molar-refractivity contribution in [2.45, 2.75) is 13.3 Å². The average Bonchev–Trinajstić information content (AvgIpc) is 2.25. The quantitative estimate of drug-likeness (QED) is 0.339. The van der Waals surface area contributed by atoms with Crippen LogP contribution in [0.5, 0.6) is 0 Å². The molecule has 0 aromatic rings. The van der Waals surface area contributed by atoms with Crippen LogP contribution in [0.25, 0.3) is 0 Å². The smallest absolute Gasteiger partial charge is 0.427 e. The number of amides is 1. The van der Waals surface area contributed by atoms with Gasteiger partial charge in [0.05, 0.1) is 25.7 Å². The number of rotatable bonds is 4. The van der Waals surface area contributed by atoms with Crippen molar-refractivity contribution >= 4 is 28.9 Å². The van der Waals surface area contributed by atoms with E-state index < -0.39 is 6.09 Å². The third kappa shape index (κ3) is 7.80. The number of hydrogen-bond donors (Lipinski definition) is 1. The molecule has 15 heavy (non-hydrogen) atoms. The summed E-state index contributed by atoms with van der Waals surface area (Å²) in [5.41, 5.74) is 2.17. The van der Waals surface area contributed by atoms with Gasteiger partial charge in [-0.15, -0.1) is 11.8 Å². The van der Waals surface area contributed by atoms with E-state index in [4.69, 9.17) is 0 Å². The summed E-state index contributed by atoms with van der Waals surface area (Å²) in [4.78, 5) is 21.4. The first kappa shape index (κ1) is 13.8. The normalized spacial score (nSPS) is 10.7. The molecule has 0 radical (unpaired) electrons. The monoisotopic (exact) mass is 234 g/mol. The Labute approximate surface area is 92.4 Å². The van der Waals surface area contributed by atoms with Gasteiger partial charge in [0.15, 0.2) is 0 Å². The number of methoxy groups -OCH3 is 2. The Morgan fingerprint density at radius 2 is 2.00 bits per heavy atom. The number of ether oxygens (including phenoxy) is 2. The number of nitrogens with one attached hydrogen (secondary N) is 1. The highest BCUT2D eigenvalue weighted by molar-refractivity contribution is 8.13. The molecule has 0 spiro atoms. The van der Waals surface area contributed by atoms with Crippen LogP contribution in [0.1, 0.15) is 13.3 Å². The lowest BCUT2D eigenvalue weighted by molar-refractivity contribution is -0.140. The first-order chi connectivity index (χ1) is 7.10. The van der Waals surface area contributed by atoms with Gasteiger partial charge in [0.25, 0.3) is 0 Å². The van der Waals surface area contributed by atoms with E-state index in [1.54, 1.807) is 6.92 Å². The predicted octanol–water partition coefficient (Wildman–Crippen LogP) is 0.972. The lowest BCUT2D eigenvalue weighted by atomic mass is 10.5. The van der Waals surface area contributed by atoms with E-state index >= 15 is 0 Å². The lowest BCUT2D eigenvalue weighted by Gasteiger charge is -2.01. The maximum atomic E-state index is 10.7. The summed E-state index contributed by atoms with van der Waals surface area (Å²) in [7, 11) is 2.59. The summed E-state index contributed by atoms with van der Waals surface area (Å²) in [5.74, 6) is 0.293. The van der Waals surface area contributed by atoms with Crippen molar-refractivity contribution in [3.63, 3.8) is 0 Å². The molecule has 1 amide bonds. The van der Waals surface area contributed by atoms with Crippen LogP contribution in [0.2, 0.25) is 0 Å². The minimum absolute atomic E-state index is 0.267. The first-order valence-corrected chi connectivity index (χ1v) is 5.16. The molecule has 0 atom stereocenters. The van der Waals surface area contributed by atoms with Crippen LogP contribution in [0, 0.1) is 0 Å². The van der Waals surface area contributed by atoms with Crippen molar-refractivity contribution < 1.29 is 19.1 Å². The third-order valence-electron chi connectivity index (χ3n) is 1.33. The Morgan fingerprint density at radius 3 is 2.53 bits per heavy atom. The molecule has 86 valence electrons. The van der Waals surface area contributed by atoms with Gasteiger partial charge in [-0.1, -0.05) is 0 Å². The van der Waals surface area contributed by atoms with Crippen molar-refractivity contribution in [2.24, 2.45) is 5.10 Å². The molecule has 0 aliphatic carbocycles. The van der Waals surface area contributed by atoms with Gasteiger partial charge in [0, 0.05) is 5.75 Å². The fourth-order valence-corrected chi connectivity index (χ4v) is 1.26. The van der Waals surface area contributed by atoms with Gasteiger partial charge in [0.1, 0.15) is 0 Å². The van der Waals surface area contributed by atoms with Crippen LogP contribution in [0.15, 0.2) is 5.10 Å². The molecule has 1 N–H and O–H groups in total. The molecule has 0 bridgehead atoms. The van der Waals surface area contributed by atoms with Gasteiger partial charge in [-0.05, 0) is 6.92 Å². The molecule has 0 aliphatic rings. The van der Waals surface area contributed by atoms with E-state index in [-0.39, 0.29) is 5.97 Å². The topological polar surface area (TPSA) is 77.0 Å². The van der Waals surface area contributed by atoms with E-state index in [1.807, 2.05) is 0 Å². The third-order valence-corrected chi connectivity index (χ3v) is 2.25. The standard InChI is InChI=1S/C8H14N2O4S/c1-6(9-10-8(12)14-3)15-5-4-7(11)13-2/h4-5H2,1-3H3,(H,10,12)/b9-6+. The summed E-state index contributed by atoms with van der Waals surface area (Å²) >= 11 is 1.35. The van der Waals surface area contributed by atoms with Crippen molar-refractivity contribution in [3.05, 3.63) is 0 Å². The Balaban J connectivity index is 3.68. The van der Waals surface area contributed by atoms with Crippen LogP contribution in [-0.4, -0.2) is 37.1 Å². The molecule has 0 saturated carbocycles. The Hall–Kier alpha value is -1.24. The molecule has 0 heterocycles. The number of carbonyl (C=O) groups excluding carboxylic acids is 2. The van der Waals surface area contributed by atoms with Gasteiger partial charge in [-0.25, -0.2) is 10.2 Å². The number of carbonyl (C=O) groups is 2. The van der Waals surface area contributed by atoms with Gasteiger partial charge in [-0.3, -0.25) is 4.79 Å². The summed E-state index contributed by atoms with van der Waals surface area (Å²) < 4.78 is 8.79. The second kappa shape index (κ2) is 8.10. The maximum Gasteiger partial charge on any atom is 0.427 e. The summed E-state index contributed by atoms with van der Waals surface area (Å²) in [6, 6.07) is 0. The molecule has 0 rings (SSSR count). The Kier molecular flexibility index (Phi) is 7.43. The zero-order valence-electron chi connectivity index (χ0n) is 8.90. The summed E-state index contributed by atoms with van der Waals surface area (Å²) in [6.07, 6.45) is -0.311. The highest BCUT2D eigenvalue weighted by atomic mass is 32.2. The number of hydrogen-bond acceptors (Lipinski definition) is 6. The van der Waals surface area contributed by atoms with E-state index in [1.165, 1.54) is 26.0 Å². The van der Waals surface area contributed by atoms with Gasteiger partial charge in [-0.2, -0.15) is 5.10 Å². The fraction of sp³-hybridized carbons (Fsp3) is 0.625. The zero-order chi connectivity index (χ0) is 11.7. The number of thioether (sulfide) groups is 1. The van der Waals surface area contributed by atoms with Gasteiger partial charge < -0.3 is 9.47 Å². The second-order valence-corrected chi connectivity index (χ2v) is 3.70. The van der Waals surface area contributed by atoms with E-state index in [9.17, 15) is 9.59 Å². The molecular weight excluding hydrogens is 220 g/mol. The molecule has 0 aliphatic heterocycles. The van der Waals surface area contributed by atoms with Crippen LogP contribution < -0.4 is 5.43 Å². The van der Waals surface area contributed by atoms with Crippen LogP contribution in [-0.2, 0) is 14.3 Å². The second-order valence-electron chi connectivity index (χ2n) is 2.41. The number of hydrazone groups is 1. The number of esters is 1. The lowest BCUT2D eigenvalue weighted by Crippen LogP contribution is -2.17. The minimum Gasteiger partial charge on any atom is -0.469 e. The van der Waals surface area contributed by atoms with Crippen LogP contribution in [0.3, 0.4) is 0 Å². The number of nitrogens with zero attached hydrogens (tertiary/aromatic N) is 1. The maximum absolute atomic E-state index is 10.7. The summed E-state index contributed by atoms with van der Waals surface area (Å²) in [6.45, 7) is 1.72. The molecule has 6 nitrogen and oxygen atoms in total.